The average molecular weight is 303 g/mol. The molecule has 1 aromatic rings. The van der Waals surface area contributed by atoms with Crippen LogP contribution in [0.25, 0.3) is 0 Å². The Labute approximate surface area is 130 Å². The van der Waals surface area contributed by atoms with Crippen LogP contribution >= 0.6 is 0 Å². The molecule has 6 heteroatoms. The maximum atomic E-state index is 11.8. The molecule has 1 saturated heterocycles. The van der Waals surface area contributed by atoms with Gasteiger partial charge in [0.25, 0.3) is 0 Å². The van der Waals surface area contributed by atoms with Crippen molar-refractivity contribution in [2.24, 2.45) is 0 Å². The van der Waals surface area contributed by atoms with Crippen LogP contribution < -0.4 is 15.5 Å². The van der Waals surface area contributed by atoms with Crippen LogP contribution in [0.3, 0.4) is 0 Å². The van der Waals surface area contributed by atoms with Crippen molar-refractivity contribution in [2.75, 3.05) is 18.4 Å². The van der Waals surface area contributed by atoms with Gasteiger partial charge in [0.05, 0.1) is 0 Å². The fraction of sp³-hybridized carbons (Fsp3) is 0.375. The highest BCUT2D eigenvalue weighted by Crippen LogP contribution is 2.17. The third-order valence-electron chi connectivity index (χ3n) is 3.24. The van der Waals surface area contributed by atoms with E-state index >= 15 is 0 Å². The molecule has 2 amide bonds. The van der Waals surface area contributed by atoms with Crippen LogP contribution in [0.5, 0.6) is 5.75 Å². The van der Waals surface area contributed by atoms with Gasteiger partial charge in [-0.05, 0) is 38.0 Å². The number of anilines is 1. The molecule has 118 valence electrons. The van der Waals surface area contributed by atoms with Gasteiger partial charge in [0.2, 0.25) is 5.91 Å². The lowest BCUT2D eigenvalue weighted by molar-refractivity contribution is -0.111. The molecule has 2 N–H and O–H groups in total. The maximum Gasteiger partial charge on any atom is 0.427 e. The van der Waals surface area contributed by atoms with E-state index in [2.05, 4.69) is 10.7 Å². The summed E-state index contributed by atoms with van der Waals surface area (Å²) in [7, 11) is 0. The lowest BCUT2D eigenvalue weighted by Gasteiger charge is -2.26. The Kier molecular flexibility index (Phi) is 5.97. The van der Waals surface area contributed by atoms with E-state index in [1.165, 1.54) is 12.5 Å². The monoisotopic (exact) mass is 303 g/mol. The number of amides is 2. The van der Waals surface area contributed by atoms with Crippen molar-refractivity contribution in [2.45, 2.75) is 26.2 Å². The molecule has 0 unspecified atom stereocenters. The Morgan fingerprint density at radius 2 is 2.00 bits per heavy atom. The van der Waals surface area contributed by atoms with Crippen LogP contribution in [-0.2, 0) is 4.79 Å². The summed E-state index contributed by atoms with van der Waals surface area (Å²) < 4.78 is 5.24. The van der Waals surface area contributed by atoms with E-state index in [4.69, 9.17) is 4.74 Å². The third kappa shape index (κ3) is 5.21. The standard InChI is InChI=1S/C16H21N3O3/c1-2-7-15(20)17-13-8-6-9-14(12-13)22-16(21)18-19-10-4-3-5-11-19/h2,6-9,12H,3-5,10-11H2,1H3,(H,17,20)(H,18,21). The molecule has 0 saturated carbocycles. The van der Waals surface area contributed by atoms with E-state index in [1.54, 1.807) is 37.3 Å². The van der Waals surface area contributed by atoms with Gasteiger partial charge in [0.15, 0.2) is 0 Å². The molecule has 1 aliphatic rings. The van der Waals surface area contributed by atoms with Crippen LogP contribution in [0.1, 0.15) is 26.2 Å². The molecular weight excluding hydrogens is 282 g/mol. The number of carbonyl (C=O) groups is 2. The van der Waals surface area contributed by atoms with Crippen molar-refractivity contribution in [1.82, 2.24) is 10.4 Å². The minimum Gasteiger partial charge on any atom is -0.409 e. The van der Waals surface area contributed by atoms with Gasteiger partial charge in [-0.15, -0.1) is 0 Å². The quantitative estimate of drug-likeness (QED) is 0.839. The first kappa shape index (κ1) is 16.0. The summed E-state index contributed by atoms with van der Waals surface area (Å²) in [5, 5.41) is 4.55. The van der Waals surface area contributed by atoms with Crippen LogP contribution in [0, 0.1) is 0 Å². The van der Waals surface area contributed by atoms with Gasteiger partial charge < -0.3 is 10.1 Å². The molecule has 0 bridgehead atoms. The number of ether oxygens (including phenoxy) is 1. The van der Waals surface area contributed by atoms with Gasteiger partial charge in [-0.2, -0.15) is 0 Å². The fourth-order valence-corrected chi connectivity index (χ4v) is 2.24. The van der Waals surface area contributed by atoms with Gasteiger partial charge in [0.1, 0.15) is 5.75 Å². The number of hydrazine groups is 1. The molecule has 0 aliphatic carbocycles. The van der Waals surface area contributed by atoms with E-state index in [1.807, 2.05) is 5.01 Å². The Morgan fingerprint density at radius 1 is 1.23 bits per heavy atom. The van der Waals surface area contributed by atoms with Crippen LogP contribution in [0.15, 0.2) is 36.4 Å². The van der Waals surface area contributed by atoms with Gasteiger partial charge in [-0.1, -0.05) is 18.6 Å². The van der Waals surface area contributed by atoms with Gasteiger partial charge >= 0.3 is 6.09 Å². The van der Waals surface area contributed by atoms with Gasteiger partial charge in [-0.3, -0.25) is 10.2 Å². The van der Waals surface area contributed by atoms with Crippen LogP contribution in [0.4, 0.5) is 10.5 Å². The molecule has 1 aromatic carbocycles. The van der Waals surface area contributed by atoms with Crippen molar-refractivity contribution in [3.8, 4) is 5.75 Å². The van der Waals surface area contributed by atoms with Crippen molar-refractivity contribution >= 4 is 17.7 Å². The number of carbonyl (C=O) groups excluding carboxylic acids is 2. The van der Waals surface area contributed by atoms with E-state index < -0.39 is 6.09 Å². The van der Waals surface area contributed by atoms with Crippen LogP contribution in [-0.4, -0.2) is 30.1 Å². The van der Waals surface area contributed by atoms with Crippen molar-refractivity contribution in [3.63, 3.8) is 0 Å². The predicted molar refractivity (Wildman–Crippen MR) is 84.5 cm³/mol. The van der Waals surface area contributed by atoms with Crippen molar-refractivity contribution < 1.29 is 14.3 Å². The summed E-state index contributed by atoms with van der Waals surface area (Å²) in [6.07, 6.45) is 5.91. The first-order valence-electron chi connectivity index (χ1n) is 7.44. The normalized spacial score (nSPS) is 15.5. The third-order valence-corrected chi connectivity index (χ3v) is 3.24. The SMILES string of the molecule is CC=CC(=O)Nc1cccc(OC(=O)NN2CCCCC2)c1. The molecular formula is C16H21N3O3. The molecule has 2 rings (SSSR count). The highest BCUT2D eigenvalue weighted by Gasteiger charge is 2.14. The second kappa shape index (κ2) is 8.19. The van der Waals surface area contributed by atoms with Crippen molar-refractivity contribution in [3.05, 3.63) is 36.4 Å². The number of piperidine rings is 1. The number of rotatable bonds is 4. The average Bonchev–Trinajstić information content (AvgIpc) is 2.48. The number of nitrogens with zero attached hydrogens (tertiary/aromatic N) is 1. The summed E-state index contributed by atoms with van der Waals surface area (Å²) in [6, 6.07) is 6.73. The molecule has 0 aromatic heterocycles. The minimum absolute atomic E-state index is 0.225. The predicted octanol–water partition coefficient (Wildman–Crippen LogP) is 2.69. The molecule has 22 heavy (non-hydrogen) atoms. The highest BCUT2D eigenvalue weighted by molar-refractivity contribution is 5.99. The smallest absolute Gasteiger partial charge is 0.409 e. The van der Waals surface area contributed by atoms with E-state index in [9.17, 15) is 9.59 Å². The van der Waals surface area contributed by atoms with E-state index in [-0.39, 0.29) is 5.91 Å². The molecule has 0 atom stereocenters. The summed E-state index contributed by atoms with van der Waals surface area (Å²) in [5.74, 6) is 0.158. The Bertz CT molecular complexity index is 551. The minimum atomic E-state index is -0.515. The summed E-state index contributed by atoms with van der Waals surface area (Å²) >= 11 is 0. The largest absolute Gasteiger partial charge is 0.427 e. The van der Waals surface area contributed by atoms with Gasteiger partial charge in [0, 0.05) is 24.8 Å². The fourth-order valence-electron chi connectivity index (χ4n) is 2.24. The lowest BCUT2D eigenvalue weighted by Crippen LogP contribution is -2.46. The summed E-state index contributed by atoms with van der Waals surface area (Å²) in [4.78, 5) is 23.3. The van der Waals surface area contributed by atoms with Crippen LogP contribution in [0.2, 0.25) is 0 Å². The first-order chi connectivity index (χ1) is 10.7. The summed E-state index contributed by atoms with van der Waals surface area (Å²) in [6.45, 7) is 3.45. The Morgan fingerprint density at radius 3 is 2.73 bits per heavy atom. The zero-order chi connectivity index (χ0) is 15.8. The van der Waals surface area contributed by atoms with Crippen molar-refractivity contribution in [1.29, 1.82) is 0 Å². The molecule has 0 spiro atoms. The highest BCUT2D eigenvalue weighted by atomic mass is 16.6. The Hall–Kier alpha value is -2.34. The number of benzene rings is 1. The van der Waals surface area contributed by atoms with E-state index in [0.717, 1.165) is 25.9 Å². The number of allylic oxidation sites excluding steroid dienone is 1. The number of hydrogen-bond donors (Lipinski definition) is 2. The first-order valence-corrected chi connectivity index (χ1v) is 7.44. The zero-order valence-corrected chi connectivity index (χ0v) is 12.7. The maximum absolute atomic E-state index is 11.8. The topological polar surface area (TPSA) is 70.7 Å². The van der Waals surface area contributed by atoms with E-state index in [0.29, 0.717) is 11.4 Å². The molecule has 6 nitrogen and oxygen atoms in total. The van der Waals surface area contributed by atoms with Gasteiger partial charge in [-0.25, -0.2) is 9.80 Å². The second-order valence-corrected chi connectivity index (χ2v) is 5.07. The number of nitrogens with one attached hydrogen (secondary N) is 2. The lowest BCUT2D eigenvalue weighted by atomic mass is 10.2. The molecule has 1 fully saturated rings. The second-order valence-electron chi connectivity index (χ2n) is 5.07. The summed E-state index contributed by atoms with van der Waals surface area (Å²) in [5.41, 5.74) is 3.30. The molecule has 1 aliphatic heterocycles. The Balaban J connectivity index is 1.88. The molecule has 1 heterocycles. The zero-order valence-electron chi connectivity index (χ0n) is 12.7. The number of hydrogen-bond acceptors (Lipinski definition) is 4. The molecule has 0 radical (unpaired) electrons.